The van der Waals surface area contributed by atoms with Crippen LogP contribution in [-0.4, -0.2) is 37.1 Å². The Labute approximate surface area is 139 Å². The largest absolute Gasteiger partial charge is 0.334 e. The second-order valence-electron chi connectivity index (χ2n) is 5.86. The van der Waals surface area contributed by atoms with Crippen molar-refractivity contribution in [3.8, 4) is 5.69 Å². The summed E-state index contributed by atoms with van der Waals surface area (Å²) in [4.78, 5) is 23.1. The number of fused-ring (bicyclic) bond motifs is 1. The summed E-state index contributed by atoms with van der Waals surface area (Å²) in [7, 11) is 0. The molecule has 0 saturated heterocycles. The minimum atomic E-state index is 0.00387. The van der Waals surface area contributed by atoms with Gasteiger partial charge in [-0.2, -0.15) is 5.10 Å². The molecule has 6 nitrogen and oxygen atoms in total. The lowest BCUT2D eigenvalue weighted by molar-refractivity contribution is 0.0732. The van der Waals surface area contributed by atoms with Crippen LogP contribution >= 0.6 is 0 Å². The van der Waals surface area contributed by atoms with Gasteiger partial charge in [-0.15, -0.1) is 0 Å². The van der Waals surface area contributed by atoms with Crippen molar-refractivity contribution in [1.29, 1.82) is 0 Å². The average molecular weight is 319 g/mol. The fourth-order valence-electron chi connectivity index (χ4n) is 3.06. The Morgan fingerprint density at radius 3 is 2.83 bits per heavy atom. The van der Waals surface area contributed by atoms with Crippen LogP contribution in [0.15, 0.2) is 49.1 Å². The van der Waals surface area contributed by atoms with E-state index in [1.54, 1.807) is 23.4 Å². The van der Waals surface area contributed by atoms with Gasteiger partial charge in [0.2, 0.25) is 0 Å². The van der Waals surface area contributed by atoms with E-state index in [0.717, 1.165) is 29.1 Å². The molecule has 1 aliphatic rings. The van der Waals surface area contributed by atoms with E-state index in [0.29, 0.717) is 18.7 Å². The lowest BCUT2D eigenvalue weighted by Gasteiger charge is -2.27. The van der Waals surface area contributed by atoms with Crippen molar-refractivity contribution in [3.05, 3.63) is 71.6 Å². The number of rotatable bonds is 2. The first-order valence-electron chi connectivity index (χ1n) is 7.91. The van der Waals surface area contributed by atoms with E-state index in [-0.39, 0.29) is 5.91 Å². The average Bonchev–Trinajstić information content (AvgIpc) is 3.03. The first-order chi connectivity index (χ1) is 11.7. The van der Waals surface area contributed by atoms with Crippen LogP contribution in [0.1, 0.15) is 27.3 Å². The Morgan fingerprint density at radius 2 is 2.00 bits per heavy atom. The molecule has 4 rings (SSSR count). The lowest BCUT2D eigenvalue weighted by Crippen LogP contribution is -2.36. The molecule has 0 N–H and O–H groups in total. The smallest absolute Gasteiger partial charge is 0.257 e. The van der Waals surface area contributed by atoms with Crippen molar-refractivity contribution in [2.45, 2.75) is 19.9 Å². The number of carbonyl (C=O) groups excluding carboxylic acids is 1. The van der Waals surface area contributed by atoms with Crippen molar-refractivity contribution in [2.75, 3.05) is 6.54 Å². The Balaban J connectivity index is 1.61. The van der Waals surface area contributed by atoms with E-state index in [4.69, 9.17) is 0 Å². The zero-order chi connectivity index (χ0) is 16.5. The van der Waals surface area contributed by atoms with Gasteiger partial charge < -0.3 is 4.90 Å². The van der Waals surface area contributed by atoms with Crippen molar-refractivity contribution >= 4 is 5.91 Å². The second-order valence-corrected chi connectivity index (χ2v) is 5.86. The highest BCUT2D eigenvalue weighted by Crippen LogP contribution is 2.20. The fraction of sp³-hybridized carbons (Fsp3) is 0.222. The summed E-state index contributed by atoms with van der Waals surface area (Å²) >= 11 is 0. The molecule has 2 aromatic heterocycles. The van der Waals surface area contributed by atoms with Gasteiger partial charge in [0.1, 0.15) is 6.33 Å². The Bertz CT molecular complexity index is 887. The van der Waals surface area contributed by atoms with Crippen LogP contribution in [0.25, 0.3) is 5.69 Å². The van der Waals surface area contributed by atoms with E-state index in [9.17, 15) is 4.79 Å². The molecule has 0 spiro atoms. The minimum absolute atomic E-state index is 0.00387. The summed E-state index contributed by atoms with van der Waals surface area (Å²) < 4.78 is 1.80. The molecule has 0 bridgehead atoms. The van der Waals surface area contributed by atoms with Crippen LogP contribution in [0.2, 0.25) is 0 Å². The van der Waals surface area contributed by atoms with Crippen LogP contribution in [0.3, 0.4) is 0 Å². The van der Waals surface area contributed by atoms with E-state index in [2.05, 4.69) is 15.1 Å². The Morgan fingerprint density at radius 1 is 1.17 bits per heavy atom. The number of hydrogen-bond donors (Lipinski definition) is 0. The SMILES string of the molecule is Cc1c(C(=O)N2CCc3ncncc3C2)cnn1-c1ccccc1. The fourth-order valence-corrected chi connectivity index (χ4v) is 3.06. The summed E-state index contributed by atoms with van der Waals surface area (Å²) in [6.45, 7) is 3.14. The van der Waals surface area contributed by atoms with Gasteiger partial charge in [-0.05, 0) is 19.1 Å². The van der Waals surface area contributed by atoms with Crippen molar-refractivity contribution in [3.63, 3.8) is 0 Å². The molecule has 0 saturated carbocycles. The quantitative estimate of drug-likeness (QED) is 0.726. The Kier molecular flexibility index (Phi) is 3.57. The molecule has 1 aliphatic heterocycles. The van der Waals surface area contributed by atoms with Crippen molar-refractivity contribution in [1.82, 2.24) is 24.6 Å². The third-order valence-electron chi connectivity index (χ3n) is 4.39. The summed E-state index contributed by atoms with van der Waals surface area (Å²) in [5, 5.41) is 4.39. The van der Waals surface area contributed by atoms with Gasteiger partial charge in [-0.1, -0.05) is 18.2 Å². The van der Waals surface area contributed by atoms with Crippen molar-refractivity contribution < 1.29 is 4.79 Å². The van der Waals surface area contributed by atoms with Crippen LogP contribution in [-0.2, 0) is 13.0 Å². The topological polar surface area (TPSA) is 63.9 Å². The van der Waals surface area contributed by atoms with Gasteiger partial charge in [0.15, 0.2) is 0 Å². The van der Waals surface area contributed by atoms with Crippen LogP contribution in [0.5, 0.6) is 0 Å². The molecule has 0 atom stereocenters. The molecule has 0 radical (unpaired) electrons. The van der Waals surface area contributed by atoms with Crippen LogP contribution < -0.4 is 0 Å². The Hall–Kier alpha value is -3.02. The molecule has 1 aromatic carbocycles. The van der Waals surface area contributed by atoms with Gasteiger partial charge in [-0.3, -0.25) is 4.79 Å². The van der Waals surface area contributed by atoms with E-state index in [1.165, 1.54) is 0 Å². The van der Waals surface area contributed by atoms with Gasteiger partial charge in [0.05, 0.1) is 28.8 Å². The molecule has 24 heavy (non-hydrogen) atoms. The van der Waals surface area contributed by atoms with Crippen LogP contribution in [0.4, 0.5) is 0 Å². The number of nitrogens with zero attached hydrogens (tertiary/aromatic N) is 5. The molecule has 0 fully saturated rings. The molecular formula is C18H17N5O. The number of carbonyl (C=O) groups is 1. The van der Waals surface area contributed by atoms with Crippen LogP contribution in [0, 0.1) is 6.92 Å². The normalized spacial score (nSPS) is 13.6. The molecule has 1 amide bonds. The summed E-state index contributed by atoms with van der Waals surface area (Å²) in [5.74, 6) is 0.00387. The maximum absolute atomic E-state index is 12.9. The zero-order valence-electron chi connectivity index (χ0n) is 13.4. The van der Waals surface area contributed by atoms with Gasteiger partial charge >= 0.3 is 0 Å². The monoisotopic (exact) mass is 319 g/mol. The molecule has 0 unspecified atom stereocenters. The minimum Gasteiger partial charge on any atom is -0.334 e. The standard InChI is InChI=1S/C18H17N5O/c1-13-16(10-21-23(13)15-5-3-2-4-6-15)18(24)22-8-7-17-14(11-22)9-19-12-20-17/h2-6,9-10,12H,7-8,11H2,1H3. The third kappa shape index (κ3) is 2.46. The predicted molar refractivity (Wildman–Crippen MR) is 88.8 cm³/mol. The molecule has 6 heteroatoms. The third-order valence-corrected chi connectivity index (χ3v) is 4.39. The number of aromatic nitrogens is 4. The second kappa shape index (κ2) is 5.88. The highest BCUT2D eigenvalue weighted by atomic mass is 16.2. The number of benzene rings is 1. The number of hydrogen-bond acceptors (Lipinski definition) is 4. The maximum atomic E-state index is 12.9. The van der Waals surface area contributed by atoms with E-state index in [1.807, 2.05) is 42.2 Å². The first-order valence-corrected chi connectivity index (χ1v) is 7.91. The maximum Gasteiger partial charge on any atom is 0.257 e. The number of para-hydroxylation sites is 1. The molecule has 120 valence electrons. The van der Waals surface area contributed by atoms with Gasteiger partial charge in [0, 0.05) is 31.3 Å². The molecule has 3 heterocycles. The van der Waals surface area contributed by atoms with E-state index >= 15 is 0 Å². The van der Waals surface area contributed by atoms with Gasteiger partial charge in [-0.25, -0.2) is 14.6 Å². The molecule has 3 aromatic rings. The highest BCUT2D eigenvalue weighted by Gasteiger charge is 2.25. The zero-order valence-corrected chi connectivity index (χ0v) is 13.4. The summed E-state index contributed by atoms with van der Waals surface area (Å²) in [6, 6.07) is 9.83. The highest BCUT2D eigenvalue weighted by molar-refractivity contribution is 5.95. The number of amides is 1. The molecular weight excluding hydrogens is 302 g/mol. The first kappa shape index (κ1) is 14.6. The van der Waals surface area contributed by atoms with E-state index < -0.39 is 0 Å². The van der Waals surface area contributed by atoms with Gasteiger partial charge in [0.25, 0.3) is 5.91 Å². The summed E-state index contributed by atoms with van der Waals surface area (Å²) in [5.41, 5.74) is 4.49. The summed E-state index contributed by atoms with van der Waals surface area (Å²) in [6.07, 6.45) is 5.77. The predicted octanol–water partition coefficient (Wildman–Crippen LogP) is 2.17. The molecule has 0 aliphatic carbocycles. The van der Waals surface area contributed by atoms with Crippen molar-refractivity contribution in [2.24, 2.45) is 0 Å². The lowest BCUT2D eigenvalue weighted by atomic mass is 10.1.